The first-order valence-electron chi connectivity index (χ1n) is 11.0. The quantitative estimate of drug-likeness (QED) is 0.242. The van der Waals surface area contributed by atoms with Crippen molar-refractivity contribution in [3.05, 3.63) is 58.7 Å². The van der Waals surface area contributed by atoms with Gasteiger partial charge in [0.2, 0.25) is 0 Å². The first-order chi connectivity index (χ1) is 14.4. The highest BCUT2D eigenvalue weighted by Gasteiger charge is 2.27. The van der Waals surface area contributed by atoms with Gasteiger partial charge >= 0.3 is 0 Å². The third-order valence-electron chi connectivity index (χ3n) is 5.42. The summed E-state index contributed by atoms with van der Waals surface area (Å²) >= 11 is 1.77. The van der Waals surface area contributed by atoms with E-state index < -0.39 is 5.91 Å². The number of amides is 1. The van der Waals surface area contributed by atoms with E-state index in [2.05, 4.69) is 60.6 Å². The Morgan fingerprint density at radius 1 is 1.03 bits per heavy atom. The maximum absolute atomic E-state index is 11.9. The Hall–Kier alpha value is -1.98. The number of benzene rings is 2. The highest BCUT2D eigenvalue weighted by atomic mass is 32.2. The van der Waals surface area contributed by atoms with E-state index in [9.17, 15) is 9.90 Å². The van der Waals surface area contributed by atoms with Gasteiger partial charge in [-0.15, -0.1) is 11.8 Å². The summed E-state index contributed by atoms with van der Waals surface area (Å²) < 4.78 is 0. The number of rotatable bonds is 7. The number of phenolic OH excluding ortho intramolecular Hbond substituents is 1. The molecule has 1 atom stereocenters. The molecule has 3 N–H and O–H groups in total. The molecule has 170 valence electrons. The Morgan fingerprint density at radius 2 is 1.61 bits per heavy atom. The van der Waals surface area contributed by atoms with E-state index in [4.69, 9.17) is 5.21 Å². The van der Waals surface area contributed by atoms with E-state index in [1.807, 2.05) is 18.2 Å². The Labute approximate surface area is 191 Å². The summed E-state index contributed by atoms with van der Waals surface area (Å²) in [7, 11) is 0. The molecule has 0 aliphatic heterocycles. The lowest BCUT2D eigenvalue weighted by atomic mass is 9.79. The van der Waals surface area contributed by atoms with Gasteiger partial charge < -0.3 is 5.11 Å². The van der Waals surface area contributed by atoms with Gasteiger partial charge in [0.1, 0.15) is 5.75 Å². The van der Waals surface area contributed by atoms with Gasteiger partial charge in [0.25, 0.3) is 5.91 Å². The van der Waals surface area contributed by atoms with Crippen molar-refractivity contribution in [1.29, 1.82) is 0 Å². The summed E-state index contributed by atoms with van der Waals surface area (Å²) in [5.74, 6) is -0.119. The minimum Gasteiger partial charge on any atom is -0.507 e. The summed E-state index contributed by atoms with van der Waals surface area (Å²) in [6.45, 7) is 14.9. The summed E-state index contributed by atoms with van der Waals surface area (Å²) in [5.41, 5.74) is 4.76. The van der Waals surface area contributed by atoms with Crippen molar-refractivity contribution in [2.75, 3.05) is 0 Å². The van der Waals surface area contributed by atoms with Crippen LogP contribution in [0, 0.1) is 0 Å². The molecule has 2 aromatic carbocycles. The van der Waals surface area contributed by atoms with Crippen molar-refractivity contribution >= 4 is 17.7 Å². The van der Waals surface area contributed by atoms with Gasteiger partial charge in [-0.2, -0.15) is 0 Å². The normalized spacial score (nSPS) is 13.2. The lowest BCUT2D eigenvalue weighted by Gasteiger charge is -2.29. The zero-order valence-electron chi connectivity index (χ0n) is 19.9. The Bertz CT molecular complexity index is 875. The number of nitrogens with one attached hydrogen (secondary N) is 1. The first-order valence-corrected chi connectivity index (χ1v) is 11.9. The van der Waals surface area contributed by atoms with Gasteiger partial charge in [-0.3, -0.25) is 10.0 Å². The summed E-state index contributed by atoms with van der Waals surface area (Å²) in [6.07, 6.45) is 3.14. The third kappa shape index (κ3) is 6.50. The third-order valence-corrected chi connectivity index (χ3v) is 6.72. The molecule has 0 radical (unpaired) electrons. The van der Waals surface area contributed by atoms with Gasteiger partial charge in [0, 0.05) is 26.8 Å². The molecule has 0 saturated heterocycles. The molecule has 0 fully saturated rings. The smallest absolute Gasteiger partial charge is 0.274 e. The highest BCUT2D eigenvalue weighted by Crippen LogP contribution is 2.46. The topological polar surface area (TPSA) is 69.6 Å². The second kappa shape index (κ2) is 10.1. The Kier molecular flexibility index (Phi) is 8.23. The zero-order valence-corrected chi connectivity index (χ0v) is 20.7. The number of carbonyl (C=O) groups is 1. The van der Waals surface area contributed by atoms with Crippen LogP contribution >= 0.6 is 11.8 Å². The number of thioether (sulfide) groups is 1. The molecular weight excluding hydrogens is 406 g/mol. The fourth-order valence-corrected chi connectivity index (χ4v) is 4.88. The van der Waals surface area contributed by atoms with Crippen LogP contribution in [0.3, 0.4) is 0 Å². The largest absolute Gasteiger partial charge is 0.507 e. The summed E-state index contributed by atoms with van der Waals surface area (Å²) in [4.78, 5) is 13.0. The predicted molar refractivity (Wildman–Crippen MR) is 129 cm³/mol. The van der Waals surface area contributed by atoms with Crippen LogP contribution in [0.25, 0.3) is 0 Å². The van der Waals surface area contributed by atoms with Crippen molar-refractivity contribution in [1.82, 2.24) is 5.48 Å². The van der Waals surface area contributed by atoms with Crippen LogP contribution in [0.15, 0.2) is 41.3 Å². The van der Waals surface area contributed by atoms with E-state index in [0.717, 1.165) is 40.8 Å². The molecule has 0 bridgehead atoms. The fourth-order valence-electron chi connectivity index (χ4n) is 3.61. The van der Waals surface area contributed by atoms with Crippen molar-refractivity contribution in [2.45, 2.75) is 88.7 Å². The van der Waals surface area contributed by atoms with Crippen LogP contribution in [-0.2, 0) is 10.8 Å². The van der Waals surface area contributed by atoms with Crippen molar-refractivity contribution in [3.63, 3.8) is 0 Å². The van der Waals surface area contributed by atoms with E-state index in [1.54, 1.807) is 23.3 Å². The van der Waals surface area contributed by atoms with Crippen LogP contribution in [-0.4, -0.2) is 16.2 Å². The maximum Gasteiger partial charge on any atom is 0.274 e. The van der Waals surface area contributed by atoms with Gasteiger partial charge in [-0.05, 0) is 47.1 Å². The molecule has 2 aromatic rings. The maximum atomic E-state index is 11.9. The second-order valence-corrected chi connectivity index (χ2v) is 11.5. The van der Waals surface area contributed by atoms with E-state index in [0.29, 0.717) is 11.3 Å². The SMILES string of the molecule is CCCCC(Sc1cc(C(C)(C)C)c(O)c(C(C)(C)C)c1)c1cccc(C(=O)NO)c1. The molecule has 0 aliphatic rings. The van der Waals surface area contributed by atoms with Crippen LogP contribution < -0.4 is 5.48 Å². The monoisotopic (exact) mass is 443 g/mol. The van der Waals surface area contributed by atoms with Gasteiger partial charge in [-0.1, -0.05) is 73.4 Å². The van der Waals surface area contributed by atoms with Gasteiger partial charge in [-0.25, -0.2) is 5.48 Å². The van der Waals surface area contributed by atoms with Crippen LogP contribution in [0.2, 0.25) is 0 Å². The Balaban J connectivity index is 2.53. The standard InChI is InChI=1S/C26H37NO3S/c1-8-9-13-22(17-11-10-12-18(14-17)24(29)27-30)31-19-15-20(25(2,3)4)23(28)21(16-19)26(5,6)7/h10-12,14-16,22,28,30H,8-9,13H2,1-7H3,(H,27,29). The zero-order chi connectivity index (χ0) is 23.4. The fraction of sp³-hybridized carbons (Fsp3) is 0.500. The molecule has 0 saturated carbocycles. The van der Waals surface area contributed by atoms with Crippen LogP contribution in [0.1, 0.15) is 100 Å². The Morgan fingerprint density at radius 3 is 2.10 bits per heavy atom. The average molecular weight is 444 g/mol. The number of hydrogen-bond acceptors (Lipinski definition) is 4. The van der Waals surface area contributed by atoms with E-state index in [1.165, 1.54) is 0 Å². The van der Waals surface area contributed by atoms with Gasteiger partial charge in [0.15, 0.2) is 0 Å². The predicted octanol–water partition coefficient (Wildman–Crippen LogP) is 7.13. The minimum atomic E-state index is -0.504. The summed E-state index contributed by atoms with van der Waals surface area (Å²) in [6, 6.07) is 11.7. The number of aromatic hydroxyl groups is 1. The molecule has 0 aliphatic carbocycles. The van der Waals surface area contributed by atoms with Gasteiger partial charge in [0.05, 0.1) is 0 Å². The molecule has 1 amide bonds. The highest BCUT2D eigenvalue weighted by molar-refractivity contribution is 7.99. The van der Waals surface area contributed by atoms with E-state index in [-0.39, 0.29) is 16.1 Å². The number of phenols is 1. The number of hydrogen-bond donors (Lipinski definition) is 3. The first kappa shape index (κ1) is 25.3. The number of carbonyl (C=O) groups excluding carboxylic acids is 1. The van der Waals surface area contributed by atoms with Crippen LogP contribution in [0.4, 0.5) is 0 Å². The number of unbranched alkanes of at least 4 members (excludes halogenated alkanes) is 1. The molecule has 31 heavy (non-hydrogen) atoms. The lowest BCUT2D eigenvalue weighted by Crippen LogP contribution is -2.18. The molecule has 0 spiro atoms. The minimum absolute atomic E-state index is 0.163. The van der Waals surface area contributed by atoms with Crippen LogP contribution in [0.5, 0.6) is 5.75 Å². The molecule has 1 unspecified atom stereocenters. The van der Waals surface area contributed by atoms with Crippen molar-refractivity contribution < 1.29 is 15.1 Å². The van der Waals surface area contributed by atoms with Crippen molar-refractivity contribution in [2.24, 2.45) is 0 Å². The molecule has 2 rings (SSSR count). The molecule has 0 aromatic heterocycles. The van der Waals surface area contributed by atoms with E-state index >= 15 is 0 Å². The molecule has 5 heteroatoms. The molecule has 0 heterocycles. The lowest BCUT2D eigenvalue weighted by molar-refractivity contribution is 0.0706. The molecular formula is C26H37NO3S. The average Bonchev–Trinajstić information content (AvgIpc) is 2.69. The molecule has 4 nitrogen and oxygen atoms in total. The second-order valence-electron chi connectivity index (χ2n) is 10.2. The van der Waals surface area contributed by atoms with Crippen molar-refractivity contribution in [3.8, 4) is 5.75 Å². The summed E-state index contributed by atoms with van der Waals surface area (Å²) in [5, 5.41) is 20.2. The number of hydroxylamine groups is 1.